The van der Waals surface area contributed by atoms with Gasteiger partial charge in [-0.05, 0) is 25.3 Å². The number of aryl methyl sites for hydroxylation is 1. The topological polar surface area (TPSA) is 88.5 Å². The molecular weight excluding hydrogens is 466 g/mol. The van der Waals surface area contributed by atoms with Crippen LogP contribution in [0.4, 0.5) is 0 Å². The highest BCUT2D eigenvalue weighted by molar-refractivity contribution is 8.00. The van der Waals surface area contributed by atoms with E-state index in [4.69, 9.17) is 4.74 Å². The third-order valence-electron chi connectivity index (χ3n) is 4.90. The minimum Gasteiger partial charge on any atom is -0.368 e. The molecule has 1 fully saturated rings. The lowest BCUT2D eigenvalue weighted by Crippen LogP contribution is -2.39. The highest BCUT2D eigenvalue weighted by Gasteiger charge is 2.32. The van der Waals surface area contributed by atoms with Gasteiger partial charge in [0.25, 0.3) is 5.91 Å². The third kappa shape index (κ3) is 5.71. The lowest BCUT2D eigenvalue weighted by atomic mass is 10.3. The Labute approximate surface area is 198 Å². The van der Waals surface area contributed by atoms with E-state index >= 15 is 0 Å². The van der Waals surface area contributed by atoms with E-state index in [1.807, 2.05) is 36.8 Å². The summed E-state index contributed by atoms with van der Waals surface area (Å²) in [7, 11) is 0. The molecule has 3 aromatic heterocycles. The molecule has 8 nitrogen and oxygen atoms in total. The first-order valence-electron chi connectivity index (χ1n) is 10.0. The van der Waals surface area contributed by atoms with Crippen molar-refractivity contribution in [1.29, 1.82) is 0 Å². The Morgan fingerprint density at radius 3 is 2.78 bits per heavy atom. The Balaban J connectivity index is 1.52. The van der Waals surface area contributed by atoms with Gasteiger partial charge >= 0.3 is 0 Å². The molecule has 1 saturated heterocycles. The van der Waals surface area contributed by atoms with Crippen LogP contribution in [0.2, 0.25) is 0 Å². The van der Waals surface area contributed by atoms with E-state index in [9.17, 15) is 9.59 Å². The van der Waals surface area contributed by atoms with Gasteiger partial charge < -0.3 is 14.5 Å². The number of thioether (sulfide) groups is 1. The number of pyridine rings is 1. The van der Waals surface area contributed by atoms with Crippen LogP contribution in [-0.2, 0) is 22.7 Å². The zero-order valence-corrected chi connectivity index (χ0v) is 20.2. The fraction of sp³-hybridized carbons (Fsp3) is 0.381. The van der Waals surface area contributed by atoms with Crippen LogP contribution < -0.4 is 0 Å². The first-order chi connectivity index (χ1) is 15.5. The van der Waals surface area contributed by atoms with Crippen molar-refractivity contribution >= 4 is 46.2 Å². The van der Waals surface area contributed by atoms with Crippen LogP contribution in [-0.4, -0.2) is 68.6 Å². The number of hydrogen-bond acceptors (Lipinski definition) is 9. The minimum atomic E-state index is -0.356. The second-order valence-electron chi connectivity index (χ2n) is 7.27. The standard InChI is InChI=1S/C21H23N5O3S3/c1-14-23-16(12-31-14)7-25-8-17(29-11-15-5-3-4-6-22-15)9-26(10-19(25)27)20(28)18-13-32-21(24-18)30-2/h3-6,12-13,17H,7-11H2,1-2H3/t17-/m1/s1. The molecule has 3 aromatic rings. The average Bonchev–Trinajstić information content (AvgIpc) is 3.41. The van der Waals surface area contributed by atoms with Crippen LogP contribution in [0.1, 0.15) is 26.9 Å². The lowest BCUT2D eigenvalue weighted by Gasteiger charge is -2.24. The summed E-state index contributed by atoms with van der Waals surface area (Å²) in [5.41, 5.74) is 2.00. The summed E-state index contributed by atoms with van der Waals surface area (Å²) in [5, 5.41) is 4.65. The van der Waals surface area contributed by atoms with Crippen molar-refractivity contribution in [3.63, 3.8) is 0 Å². The van der Waals surface area contributed by atoms with Gasteiger partial charge in [-0.3, -0.25) is 14.6 Å². The van der Waals surface area contributed by atoms with Crippen molar-refractivity contribution in [1.82, 2.24) is 24.8 Å². The predicted molar refractivity (Wildman–Crippen MR) is 125 cm³/mol. The fourth-order valence-corrected chi connectivity index (χ4v) is 5.21. The molecule has 32 heavy (non-hydrogen) atoms. The third-order valence-corrected chi connectivity index (χ3v) is 7.59. The molecule has 1 atom stereocenters. The quantitative estimate of drug-likeness (QED) is 0.471. The molecule has 168 valence electrons. The number of aromatic nitrogens is 3. The largest absolute Gasteiger partial charge is 0.368 e. The van der Waals surface area contributed by atoms with E-state index in [-0.39, 0.29) is 24.5 Å². The number of carbonyl (C=O) groups is 2. The normalized spacial score (nSPS) is 16.9. The van der Waals surface area contributed by atoms with Crippen molar-refractivity contribution < 1.29 is 14.3 Å². The maximum absolute atomic E-state index is 13.1. The van der Waals surface area contributed by atoms with Gasteiger partial charge in [0.05, 0.1) is 35.7 Å². The monoisotopic (exact) mass is 489 g/mol. The molecule has 0 spiro atoms. The maximum atomic E-state index is 13.1. The SMILES string of the molecule is CSc1nc(C(=O)N2CC(=O)N(Cc3csc(C)n3)C[C@@H](OCc3ccccn3)C2)cs1. The summed E-state index contributed by atoms with van der Waals surface area (Å²) in [6.45, 7) is 3.29. The van der Waals surface area contributed by atoms with Crippen molar-refractivity contribution in [2.75, 3.05) is 25.9 Å². The highest BCUT2D eigenvalue weighted by Crippen LogP contribution is 2.22. The number of amides is 2. The molecule has 0 saturated carbocycles. The Hall–Kier alpha value is -2.34. The average molecular weight is 490 g/mol. The maximum Gasteiger partial charge on any atom is 0.273 e. The van der Waals surface area contributed by atoms with E-state index in [1.54, 1.807) is 27.8 Å². The number of rotatable bonds is 7. The number of ether oxygens (including phenoxy) is 1. The first kappa shape index (κ1) is 22.8. The summed E-state index contributed by atoms with van der Waals surface area (Å²) in [4.78, 5) is 42.6. The molecule has 4 heterocycles. The van der Waals surface area contributed by atoms with Crippen LogP contribution in [0.3, 0.4) is 0 Å². The number of carbonyl (C=O) groups excluding carboxylic acids is 2. The van der Waals surface area contributed by atoms with Gasteiger partial charge in [0.2, 0.25) is 5.91 Å². The van der Waals surface area contributed by atoms with Gasteiger partial charge in [0.1, 0.15) is 16.6 Å². The molecule has 0 aliphatic carbocycles. The molecule has 1 aliphatic rings. The first-order valence-corrected chi connectivity index (χ1v) is 13.0. The number of thiazole rings is 2. The lowest BCUT2D eigenvalue weighted by molar-refractivity contribution is -0.132. The minimum absolute atomic E-state index is 0.0163. The van der Waals surface area contributed by atoms with Crippen LogP contribution >= 0.6 is 34.4 Å². The second-order valence-corrected chi connectivity index (χ2v) is 10.2. The molecule has 0 radical (unpaired) electrons. The summed E-state index contributed by atoms with van der Waals surface area (Å²) in [6.07, 6.45) is 3.28. The van der Waals surface area contributed by atoms with Crippen LogP contribution in [0.15, 0.2) is 39.5 Å². The molecule has 1 aliphatic heterocycles. The summed E-state index contributed by atoms with van der Waals surface area (Å²) in [5.74, 6) is -0.388. The van der Waals surface area contributed by atoms with Crippen molar-refractivity contribution in [3.8, 4) is 0 Å². The van der Waals surface area contributed by atoms with Crippen molar-refractivity contribution in [2.24, 2.45) is 0 Å². The summed E-state index contributed by atoms with van der Waals surface area (Å²) >= 11 is 4.47. The van der Waals surface area contributed by atoms with E-state index in [1.165, 1.54) is 28.0 Å². The summed E-state index contributed by atoms with van der Waals surface area (Å²) < 4.78 is 6.94. The van der Waals surface area contributed by atoms with E-state index < -0.39 is 0 Å². The molecule has 0 unspecified atom stereocenters. The second kappa shape index (κ2) is 10.5. The van der Waals surface area contributed by atoms with Crippen LogP contribution in [0, 0.1) is 6.92 Å². The van der Waals surface area contributed by atoms with Crippen LogP contribution in [0.5, 0.6) is 0 Å². The van der Waals surface area contributed by atoms with Gasteiger partial charge in [-0.1, -0.05) is 17.8 Å². The molecular formula is C21H23N5O3S3. The molecule has 0 aromatic carbocycles. The molecule has 0 bridgehead atoms. The molecule has 0 N–H and O–H groups in total. The van der Waals surface area contributed by atoms with E-state index in [2.05, 4.69) is 15.0 Å². The Morgan fingerprint density at radius 1 is 1.22 bits per heavy atom. The van der Waals surface area contributed by atoms with Gasteiger partial charge in [0, 0.05) is 30.0 Å². The van der Waals surface area contributed by atoms with E-state index in [0.717, 1.165) is 20.7 Å². The number of hydrogen-bond donors (Lipinski definition) is 0. The van der Waals surface area contributed by atoms with Crippen molar-refractivity contribution in [2.45, 2.75) is 30.5 Å². The Kier molecular flexibility index (Phi) is 7.51. The predicted octanol–water partition coefficient (Wildman–Crippen LogP) is 3.09. The van der Waals surface area contributed by atoms with Gasteiger partial charge in [-0.2, -0.15) is 0 Å². The Bertz CT molecular complexity index is 1070. The summed E-state index contributed by atoms with van der Waals surface area (Å²) in [6, 6.07) is 5.64. The molecule has 2 amide bonds. The Morgan fingerprint density at radius 2 is 2.09 bits per heavy atom. The van der Waals surface area contributed by atoms with Gasteiger partial charge in [-0.25, -0.2) is 9.97 Å². The highest BCUT2D eigenvalue weighted by atomic mass is 32.2. The van der Waals surface area contributed by atoms with Crippen LogP contribution in [0.25, 0.3) is 0 Å². The van der Waals surface area contributed by atoms with Gasteiger partial charge in [0.15, 0.2) is 0 Å². The zero-order valence-electron chi connectivity index (χ0n) is 17.8. The fourth-order valence-electron chi connectivity index (χ4n) is 3.37. The molecule has 4 rings (SSSR count). The van der Waals surface area contributed by atoms with Crippen molar-refractivity contribution in [3.05, 3.63) is 57.2 Å². The smallest absolute Gasteiger partial charge is 0.273 e. The number of nitrogens with zero attached hydrogens (tertiary/aromatic N) is 5. The van der Waals surface area contributed by atoms with Gasteiger partial charge in [-0.15, -0.1) is 22.7 Å². The zero-order chi connectivity index (χ0) is 22.5. The van der Waals surface area contributed by atoms with E-state index in [0.29, 0.717) is 31.9 Å². The molecule has 11 heteroatoms.